The number of hydrogen-bond acceptors (Lipinski definition) is 3. The number of rotatable bonds is 13. The molecule has 3 nitrogen and oxygen atoms in total. The summed E-state index contributed by atoms with van der Waals surface area (Å²) in [6.07, 6.45) is 6.31. The highest BCUT2D eigenvalue weighted by atomic mass is 35.5. The third-order valence-electron chi connectivity index (χ3n) is 4.58. The van der Waals surface area contributed by atoms with E-state index in [1.165, 1.54) is 51.7 Å². The van der Waals surface area contributed by atoms with E-state index in [2.05, 4.69) is 24.1 Å². The Morgan fingerprint density at radius 1 is 0.923 bits per heavy atom. The molecule has 0 atom stereocenters. The van der Waals surface area contributed by atoms with Gasteiger partial charge in [0.1, 0.15) is 11.5 Å². The Bertz CT molecular complexity index is 618. The van der Waals surface area contributed by atoms with Gasteiger partial charge in [-0.1, -0.05) is 50.4 Å². The van der Waals surface area contributed by atoms with E-state index >= 15 is 0 Å². The van der Waals surface area contributed by atoms with Crippen LogP contribution in [0.15, 0.2) is 40.8 Å². The van der Waals surface area contributed by atoms with Gasteiger partial charge in [0.05, 0.1) is 11.6 Å². The lowest BCUT2D eigenvalue weighted by Crippen LogP contribution is -2.29. The van der Waals surface area contributed by atoms with Crippen molar-refractivity contribution in [2.45, 2.75) is 52.5 Å². The molecule has 0 fully saturated rings. The summed E-state index contributed by atoms with van der Waals surface area (Å²) >= 11 is 6.24. The third kappa shape index (κ3) is 7.14. The van der Waals surface area contributed by atoms with Crippen molar-refractivity contribution in [2.24, 2.45) is 0 Å². The molecule has 1 N–H and O–H groups in total. The van der Waals surface area contributed by atoms with Crippen LogP contribution in [0.3, 0.4) is 0 Å². The molecule has 0 aliphatic rings. The van der Waals surface area contributed by atoms with Crippen molar-refractivity contribution < 1.29 is 4.42 Å². The van der Waals surface area contributed by atoms with Gasteiger partial charge in [0, 0.05) is 5.56 Å². The van der Waals surface area contributed by atoms with Gasteiger partial charge in [-0.05, 0) is 69.7 Å². The minimum Gasteiger partial charge on any atom is -0.460 e. The normalized spacial score (nSPS) is 11.4. The maximum atomic E-state index is 6.24. The molecule has 0 aliphatic carbocycles. The Morgan fingerprint density at radius 2 is 1.62 bits per heavy atom. The van der Waals surface area contributed by atoms with Crippen molar-refractivity contribution in [1.29, 1.82) is 0 Å². The Kier molecular flexibility index (Phi) is 9.83. The summed E-state index contributed by atoms with van der Waals surface area (Å²) in [6, 6.07) is 11.8. The van der Waals surface area contributed by atoms with Gasteiger partial charge in [-0.3, -0.25) is 0 Å². The summed E-state index contributed by atoms with van der Waals surface area (Å²) in [5, 5.41) is 4.22. The highest BCUT2D eigenvalue weighted by molar-refractivity contribution is 6.33. The molecule has 0 aliphatic heterocycles. The van der Waals surface area contributed by atoms with E-state index in [-0.39, 0.29) is 0 Å². The lowest BCUT2D eigenvalue weighted by Gasteiger charge is -2.21. The molecule has 144 valence electrons. The van der Waals surface area contributed by atoms with Crippen molar-refractivity contribution in [1.82, 2.24) is 10.2 Å². The van der Waals surface area contributed by atoms with Crippen LogP contribution in [0, 0.1) is 0 Å². The van der Waals surface area contributed by atoms with Crippen LogP contribution in [0.2, 0.25) is 5.02 Å². The third-order valence-corrected chi connectivity index (χ3v) is 4.91. The second-order valence-corrected chi connectivity index (χ2v) is 7.23. The fourth-order valence-electron chi connectivity index (χ4n) is 3.02. The molecular formula is C22H33ClN2O. The monoisotopic (exact) mass is 376 g/mol. The van der Waals surface area contributed by atoms with Gasteiger partial charge in [0.2, 0.25) is 0 Å². The lowest BCUT2D eigenvalue weighted by molar-refractivity contribution is 0.260. The molecule has 0 saturated carbocycles. The Morgan fingerprint density at radius 3 is 2.31 bits per heavy atom. The summed E-state index contributed by atoms with van der Waals surface area (Å²) in [4.78, 5) is 2.61. The van der Waals surface area contributed by atoms with Crippen LogP contribution < -0.4 is 5.32 Å². The van der Waals surface area contributed by atoms with Crippen molar-refractivity contribution in [3.8, 4) is 11.3 Å². The quantitative estimate of drug-likeness (QED) is 0.436. The van der Waals surface area contributed by atoms with Crippen LogP contribution in [0.5, 0.6) is 0 Å². The minimum absolute atomic E-state index is 0.723. The fourth-order valence-corrected chi connectivity index (χ4v) is 3.25. The van der Waals surface area contributed by atoms with E-state index in [1.54, 1.807) is 0 Å². The SMILES string of the molecule is CCCCN(CCCC)CCCNCc1ccc(-c2ccccc2Cl)o1. The van der Waals surface area contributed by atoms with Crippen molar-refractivity contribution >= 4 is 11.6 Å². The van der Waals surface area contributed by atoms with Crippen LogP contribution in [0.1, 0.15) is 51.7 Å². The first-order chi connectivity index (χ1) is 12.7. The second-order valence-electron chi connectivity index (χ2n) is 6.82. The topological polar surface area (TPSA) is 28.4 Å². The summed E-state index contributed by atoms with van der Waals surface area (Å²) in [7, 11) is 0. The second kappa shape index (κ2) is 12.2. The molecule has 0 saturated heterocycles. The molecule has 2 rings (SSSR count). The highest BCUT2D eigenvalue weighted by Crippen LogP contribution is 2.28. The number of benzene rings is 1. The molecule has 1 heterocycles. The smallest absolute Gasteiger partial charge is 0.135 e. The van der Waals surface area contributed by atoms with E-state index < -0.39 is 0 Å². The summed E-state index contributed by atoms with van der Waals surface area (Å²) in [5.41, 5.74) is 0.947. The van der Waals surface area contributed by atoms with E-state index in [0.29, 0.717) is 0 Å². The molecule has 1 aromatic carbocycles. The predicted octanol–water partition coefficient (Wildman–Crippen LogP) is 5.98. The van der Waals surface area contributed by atoms with Gasteiger partial charge in [0.25, 0.3) is 0 Å². The maximum absolute atomic E-state index is 6.24. The summed E-state index contributed by atoms with van der Waals surface area (Å²) in [5.74, 6) is 1.78. The van der Waals surface area contributed by atoms with Gasteiger partial charge in [-0.15, -0.1) is 0 Å². The zero-order valence-corrected chi connectivity index (χ0v) is 17.0. The zero-order chi connectivity index (χ0) is 18.6. The first-order valence-corrected chi connectivity index (χ1v) is 10.4. The number of hydrogen-bond donors (Lipinski definition) is 1. The van der Waals surface area contributed by atoms with Gasteiger partial charge in [-0.25, -0.2) is 0 Å². The maximum Gasteiger partial charge on any atom is 0.135 e. The number of nitrogens with zero attached hydrogens (tertiary/aromatic N) is 1. The van der Waals surface area contributed by atoms with Gasteiger partial charge < -0.3 is 14.6 Å². The van der Waals surface area contributed by atoms with Gasteiger partial charge in [-0.2, -0.15) is 0 Å². The largest absolute Gasteiger partial charge is 0.460 e. The molecule has 0 bridgehead atoms. The zero-order valence-electron chi connectivity index (χ0n) is 16.3. The standard InChI is InChI=1S/C22H33ClN2O/c1-3-5-15-25(16-6-4-2)17-9-14-24-18-19-12-13-22(26-19)20-10-7-8-11-21(20)23/h7-8,10-13,24H,3-6,9,14-18H2,1-2H3. The number of nitrogens with one attached hydrogen (secondary N) is 1. The average molecular weight is 377 g/mol. The number of halogens is 1. The van der Waals surface area contributed by atoms with Gasteiger partial charge in [0.15, 0.2) is 0 Å². The van der Waals surface area contributed by atoms with E-state index in [9.17, 15) is 0 Å². The molecule has 26 heavy (non-hydrogen) atoms. The molecule has 0 unspecified atom stereocenters. The van der Waals surface area contributed by atoms with Crippen LogP contribution in [-0.2, 0) is 6.54 Å². The van der Waals surface area contributed by atoms with E-state index in [1.807, 2.05) is 36.4 Å². The van der Waals surface area contributed by atoms with Crippen LogP contribution in [0.4, 0.5) is 0 Å². The number of furan rings is 1. The Hall–Kier alpha value is -1.29. The number of unbranched alkanes of at least 4 members (excludes halogenated alkanes) is 2. The molecular weight excluding hydrogens is 344 g/mol. The van der Waals surface area contributed by atoms with E-state index in [0.717, 1.165) is 35.2 Å². The van der Waals surface area contributed by atoms with Crippen molar-refractivity contribution in [3.05, 3.63) is 47.2 Å². The van der Waals surface area contributed by atoms with Crippen LogP contribution in [0.25, 0.3) is 11.3 Å². The van der Waals surface area contributed by atoms with Crippen molar-refractivity contribution in [3.63, 3.8) is 0 Å². The van der Waals surface area contributed by atoms with Crippen molar-refractivity contribution in [2.75, 3.05) is 26.2 Å². The molecule has 1 aromatic heterocycles. The molecule has 0 radical (unpaired) electrons. The molecule has 2 aromatic rings. The van der Waals surface area contributed by atoms with Crippen LogP contribution >= 0.6 is 11.6 Å². The van der Waals surface area contributed by atoms with Gasteiger partial charge >= 0.3 is 0 Å². The Labute approximate surface area is 163 Å². The molecule has 4 heteroatoms. The fraction of sp³-hybridized carbons (Fsp3) is 0.545. The van der Waals surface area contributed by atoms with Crippen LogP contribution in [-0.4, -0.2) is 31.1 Å². The lowest BCUT2D eigenvalue weighted by atomic mass is 10.2. The minimum atomic E-state index is 0.723. The van der Waals surface area contributed by atoms with E-state index in [4.69, 9.17) is 16.0 Å². The summed E-state index contributed by atoms with van der Waals surface area (Å²) < 4.78 is 5.93. The first-order valence-electron chi connectivity index (χ1n) is 10.0. The summed E-state index contributed by atoms with van der Waals surface area (Å²) in [6.45, 7) is 9.94. The Balaban J connectivity index is 1.70. The highest BCUT2D eigenvalue weighted by Gasteiger charge is 2.08. The predicted molar refractivity (Wildman–Crippen MR) is 112 cm³/mol. The molecule has 0 spiro atoms. The molecule has 0 amide bonds. The average Bonchev–Trinajstić information content (AvgIpc) is 3.12. The first kappa shape index (κ1) is 21.0.